The van der Waals surface area contributed by atoms with Gasteiger partial charge in [0, 0.05) is 25.1 Å². The Balaban J connectivity index is 2.06. The van der Waals surface area contributed by atoms with Gasteiger partial charge >= 0.3 is 6.18 Å². The van der Waals surface area contributed by atoms with Gasteiger partial charge < -0.3 is 10.2 Å². The van der Waals surface area contributed by atoms with Crippen LogP contribution in [0.25, 0.3) is 0 Å². The van der Waals surface area contributed by atoms with E-state index >= 15 is 0 Å². The zero-order valence-corrected chi connectivity index (χ0v) is 12.7. The first-order chi connectivity index (χ1) is 10.8. The lowest BCUT2D eigenvalue weighted by molar-refractivity contribution is -0.137. The van der Waals surface area contributed by atoms with E-state index in [4.69, 9.17) is 11.6 Å². The molecule has 0 saturated heterocycles. The fourth-order valence-corrected chi connectivity index (χ4v) is 2.02. The SMILES string of the molecule is CN(CC(=O)Nc1ccc(Cl)c(C(F)(F)F)c1)c1ncccn1. The Kier molecular flexibility index (Phi) is 5.05. The second kappa shape index (κ2) is 6.82. The highest BCUT2D eigenvalue weighted by Crippen LogP contribution is 2.36. The van der Waals surface area contributed by atoms with Gasteiger partial charge in [-0.25, -0.2) is 9.97 Å². The highest BCUT2D eigenvalue weighted by molar-refractivity contribution is 6.31. The summed E-state index contributed by atoms with van der Waals surface area (Å²) >= 11 is 5.52. The Hall–Kier alpha value is -2.35. The third kappa shape index (κ3) is 4.56. The number of amides is 1. The molecule has 9 heteroatoms. The summed E-state index contributed by atoms with van der Waals surface area (Å²) in [5, 5.41) is 1.96. The van der Waals surface area contributed by atoms with Crippen LogP contribution in [0.4, 0.5) is 24.8 Å². The van der Waals surface area contributed by atoms with Crippen molar-refractivity contribution in [3.05, 3.63) is 47.2 Å². The number of halogens is 4. The third-order valence-corrected chi connectivity index (χ3v) is 3.16. The van der Waals surface area contributed by atoms with Crippen LogP contribution >= 0.6 is 11.6 Å². The first kappa shape index (κ1) is 17.0. The van der Waals surface area contributed by atoms with Crippen molar-refractivity contribution in [2.24, 2.45) is 0 Å². The molecule has 0 aliphatic heterocycles. The lowest BCUT2D eigenvalue weighted by atomic mass is 10.2. The Morgan fingerprint density at radius 2 is 1.96 bits per heavy atom. The van der Waals surface area contributed by atoms with Crippen molar-refractivity contribution in [1.82, 2.24) is 9.97 Å². The number of nitrogens with one attached hydrogen (secondary N) is 1. The van der Waals surface area contributed by atoms with Gasteiger partial charge in [-0.3, -0.25) is 4.79 Å². The fourth-order valence-electron chi connectivity index (χ4n) is 1.80. The second-order valence-corrected chi connectivity index (χ2v) is 5.05. The lowest BCUT2D eigenvalue weighted by Gasteiger charge is -2.16. The number of rotatable bonds is 4. The molecule has 2 aromatic rings. The Morgan fingerprint density at radius 3 is 2.57 bits per heavy atom. The van der Waals surface area contributed by atoms with Crippen molar-refractivity contribution < 1.29 is 18.0 Å². The predicted molar refractivity (Wildman–Crippen MR) is 80.4 cm³/mol. The van der Waals surface area contributed by atoms with Gasteiger partial charge in [-0.2, -0.15) is 13.2 Å². The average Bonchev–Trinajstić information content (AvgIpc) is 2.49. The molecule has 1 aromatic carbocycles. The van der Waals surface area contributed by atoms with E-state index in [9.17, 15) is 18.0 Å². The summed E-state index contributed by atoms with van der Waals surface area (Å²) < 4.78 is 38.3. The molecule has 5 nitrogen and oxygen atoms in total. The molecule has 1 N–H and O–H groups in total. The molecule has 0 spiro atoms. The number of nitrogens with zero attached hydrogens (tertiary/aromatic N) is 3. The fraction of sp³-hybridized carbons (Fsp3) is 0.214. The maximum Gasteiger partial charge on any atom is 0.417 e. The van der Waals surface area contributed by atoms with Gasteiger partial charge in [0.2, 0.25) is 11.9 Å². The molecular formula is C14H12ClF3N4O. The van der Waals surface area contributed by atoms with Crippen LogP contribution in [0.3, 0.4) is 0 Å². The first-order valence-corrected chi connectivity index (χ1v) is 6.80. The van der Waals surface area contributed by atoms with E-state index in [-0.39, 0.29) is 12.2 Å². The molecule has 1 aromatic heterocycles. The zero-order valence-electron chi connectivity index (χ0n) is 11.9. The normalized spacial score (nSPS) is 11.2. The van der Waals surface area contributed by atoms with Crippen molar-refractivity contribution in [3.8, 4) is 0 Å². The maximum atomic E-state index is 12.8. The molecule has 0 unspecified atom stereocenters. The summed E-state index contributed by atoms with van der Waals surface area (Å²) in [6.07, 6.45) is -1.55. The van der Waals surface area contributed by atoms with Crippen molar-refractivity contribution in [1.29, 1.82) is 0 Å². The number of aromatic nitrogens is 2. The highest BCUT2D eigenvalue weighted by atomic mass is 35.5. The van der Waals surface area contributed by atoms with Crippen LogP contribution in [0.5, 0.6) is 0 Å². The molecule has 0 aliphatic carbocycles. The van der Waals surface area contributed by atoms with E-state index in [1.807, 2.05) is 0 Å². The third-order valence-electron chi connectivity index (χ3n) is 2.83. The molecule has 1 amide bonds. The molecule has 0 fully saturated rings. The average molecular weight is 345 g/mol. The highest BCUT2D eigenvalue weighted by Gasteiger charge is 2.33. The summed E-state index contributed by atoms with van der Waals surface area (Å²) in [5.74, 6) is -0.176. The Morgan fingerprint density at radius 1 is 1.30 bits per heavy atom. The van der Waals surface area contributed by atoms with E-state index in [1.54, 1.807) is 13.1 Å². The molecule has 0 atom stereocenters. The summed E-state index contributed by atoms with van der Waals surface area (Å²) in [6.45, 7) is -0.117. The monoisotopic (exact) mass is 344 g/mol. The molecule has 23 heavy (non-hydrogen) atoms. The quantitative estimate of drug-likeness (QED) is 0.925. The summed E-state index contributed by atoms with van der Waals surface area (Å²) in [7, 11) is 1.60. The van der Waals surface area contributed by atoms with Crippen LogP contribution in [0, 0.1) is 0 Å². The van der Waals surface area contributed by atoms with Crippen LogP contribution in [0.1, 0.15) is 5.56 Å². The summed E-state index contributed by atoms with van der Waals surface area (Å²) in [5.41, 5.74) is -0.995. The number of carbonyl (C=O) groups is 1. The number of anilines is 2. The minimum Gasteiger partial charge on any atom is -0.335 e. The number of hydrogen-bond donors (Lipinski definition) is 1. The van der Waals surface area contributed by atoms with Gasteiger partial charge in [0.05, 0.1) is 17.1 Å². The summed E-state index contributed by atoms with van der Waals surface area (Å²) in [4.78, 5) is 21.3. The van der Waals surface area contributed by atoms with Crippen LogP contribution in [-0.4, -0.2) is 29.5 Å². The van der Waals surface area contributed by atoms with Crippen LogP contribution in [0.2, 0.25) is 5.02 Å². The van der Waals surface area contributed by atoms with E-state index < -0.39 is 22.7 Å². The van der Waals surface area contributed by atoms with Crippen LogP contribution in [0.15, 0.2) is 36.7 Å². The number of alkyl halides is 3. The number of benzene rings is 1. The van der Waals surface area contributed by atoms with Crippen LogP contribution < -0.4 is 10.2 Å². The van der Waals surface area contributed by atoms with Crippen molar-refractivity contribution >= 4 is 29.1 Å². The minimum absolute atomic E-state index is 0.00843. The standard InChI is InChI=1S/C14H12ClF3N4O/c1-22(13-19-5-2-6-20-13)8-12(23)21-9-3-4-11(15)10(7-9)14(16,17)18/h2-7H,8H2,1H3,(H,21,23). The molecular weight excluding hydrogens is 333 g/mol. The van der Waals surface area contributed by atoms with Crippen molar-refractivity contribution in [2.75, 3.05) is 23.8 Å². The lowest BCUT2D eigenvalue weighted by Crippen LogP contribution is -2.31. The molecule has 0 aliphatic rings. The van der Waals surface area contributed by atoms with Gasteiger partial charge in [0.25, 0.3) is 0 Å². The van der Waals surface area contributed by atoms with Gasteiger partial charge in [0.15, 0.2) is 0 Å². The number of hydrogen-bond acceptors (Lipinski definition) is 4. The van der Waals surface area contributed by atoms with Crippen LogP contribution in [-0.2, 0) is 11.0 Å². The van der Waals surface area contributed by atoms with Gasteiger partial charge in [-0.05, 0) is 24.3 Å². The molecule has 0 saturated carbocycles. The second-order valence-electron chi connectivity index (χ2n) is 4.65. The Bertz CT molecular complexity index is 694. The van der Waals surface area contributed by atoms with Gasteiger partial charge in [-0.1, -0.05) is 11.6 Å². The smallest absolute Gasteiger partial charge is 0.335 e. The molecule has 2 rings (SSSR count). The molecule has 122 valence electrons. The number of likely N-dealkylation sites (N-methyl/N-ethyl adjacent to an activating group) is 1. The van der Waals surface area contributed by atoms with Gasteiger partial charge in [-0.15, -0.1) is 0 Å². The molecule has 0 bridgehead atoms. The molecule has 0 radical (unpaired) electrons. The predicted octanol–water partition coefficient (Wildman–Crippen LogP) is 3.22. The van der Waals surface area contributed by atoms with Crippen molar-refractivity contribution in [2.45, 2.75) is 6.18 Å². The maximum absolute atomic E-state index is 12.8. The van der Waals surface area contributed by atoms with Gasteiger partial charge in [0.1, 0.15) is 0 Å². The van der Waals surface area contributed by atoms with E-state index in [1.165, 1.54) is 23.4 Å². The molecule has 1 heterocycles. The van der Waals surface area contributed by atoms with E-state index in [0.717, 1.165) is 12.1 Å². The van der Waals surface area contributed by atoms with Crippen molar-refractivity contribution in [3.63, 3.8) is 0 Å². The van der Waals surface area contributed by atoms with E-state index in [0.29, 0.717) is 5.95 Å². The summed E-state index contributed by atoms with van der Waals surface area (Å²) in [6, 6.07) is 4.81. The minimum atomic E-state index is -4.59. The number of carbonyl (C=O) groups excluding carboxylic acids is 1. The Labute approximate surface area is 135 Å². The topological polar surface area (TPSA) is 58.1 Å². The first-order valence-electron chi connectivity index (χ1n) is 6.42. The largest absolute Gasteiger partial charge is 0.417 e. The zero-order chi connectivity index (χ0) is 17.0. The van der Waals surface area contributed by atoms with E-state index in [2.05, 4.69) is 15.3 Å².